The number of sulfone groups is 1. The highest BCUT2D eigenvalue weighted by atomic mass is 35.5. The molecule has 0 aliphatic carbocycles. The zero-order valence-electron chi connectivity index (χ0n) is 29.0. The van der Waals surface area contributed by atoms with Gasteiger partial charge in [0.2, 0.25) is 0 Å². The SMILES string of the molecule is CS(=O)(=O)c1ccc(OCC(F)(F)C(F)(F)F)c(C(=O)N2Cc3cc(Cl)c(N4CCOCC4)cc3C2)c1.Cl.Clc1cc2c(cc1N1CCOCC1)CNC2. The van der Waals surface area contributed by atoms with E-state index in [1.165, 1.54) is 16.0 Å². The Morgan fingerprint density at radius 2 is 1.28 bits per heavy atom. The minimum absolute atomic E-state index is 0. The first-order chi connectivity index (χ1) is 25.0. The Kier molecular flexibility index (Phi) is 13.2. The van der Waals surface area contributed by atoms with Gasteiger partial charge >= 0.3 is 12.1 Å². The molecule has 0 spiro atoms. The van der Waals surface area contributed by atoms with Gasteiger partial charge < -0.3 is 34.2 Å². The highest BCUT2D eigenvalue weighted by molar-refractivity contribution is 7.90. The largest absolute Gasteiger partial charge is 0.486 e. The maximum Gasteiger partial charge on any atom is 0.456 e. The van der Waals surface area contributed by atoms with Gasteiger partial charge in [-0.15, -0.1) is 12.4 Å². The van der Waals surface area contributed by atoms with Crippen molar-refractivity contribution in [1.82, 2.24) is 10.2 Å². The van der Waals surface area contributed by atoms with Crippen LogP contribution in [0.15, 0.2) is 47.4 Å². The topological polar surface area (TPSA) is 101 Å². The van der Waals surface area contributed by atoms with Crippen molar-refractivity contribution >= 4 is 62.7 Å². The molecule has 3 aromatic carbocycles. The van der Waals surface area contributed by atoms with Crippen molar-refractivity contribution in [2.45, 2.75) is 43.2 Å². The number of benzene rings is 3. The van der Waals surface area contributed by atoms with Crippen LogP contribution in [0, 0.1) is 0 Å². The summed E-state index contributed by atoms with van der Waals surface area (Å²) in [5.41, 5.74) is 5.68. The lowest BCUT2D eigenvalue weighted by atomic mass is 10.1. The van der Waals surface area contributed by atoms with E-state index < -0.39 is 45.8 Å². The predicted molar refractivity (Wildman–Crippen MR) is 196 cm³/mol. The van der Waals surface area contributed by atoms with E-state index in [9.17, 15) is 35.2 Å². The van der Waals surface area contributed by atoms with Gasteiger partial charge in [-0.2, -0.15) is 22.0 Å². The van der Waals surface area contributed by atoms with Crippen LogP contribution < -0.4 is 19.9 Å². The molecule has 0 atom stereocenters. The molecular weight excluding hydrogens is 806 g/mol. The molecule has 296 valence electrons. The molecular formula is C35H38Cl3F5N4O6S. The van der Waals surface area contributed by atoms with Crippen LogP contribution in [-0.4, -0.2) is 96.8 Å². The average molecular weight is 844 g/mol. The summed E-state index contributed by atoms with van der Waals surface area (Å²) in [5, 5.41) is 4.67. The number of amides is 1. The molecule has 0 unspecified atom stereocenters. The molecule has 4 aliphatic rings. The smallest absolute Gasteiger partial charge is 0.456 e. The molecule has 0 aromatic heterocycles. The second-order valence-corrected chi connectivity index (χ2v) is 15.9. The summed E-state index contributed by atoms with van der Waals surface area (Å²) in [6.45, 7) is 5.77. The predicted octanol–water partition coefficient (Wildman–Crippen LogP) is 6.51. The highest BCUT2D eigenvalue weighted by Crippen LogP contribution is 2.38. The van der Waals surface area contributed by atoms with Gasteiger partial charge in [0.25, 0.3) is 5.91 Å². The third kappa shape index (κ3) is 9.45. The number of fused-ring (bicyclic) bond motifs is 2. The number of morpholine rings is 2. The molecule has 4 aliphatic heterocycles. The Balaban J connectivity index is 0.000000273. The van der Waals surface area contributed by atoms with Crippen LogP contribution in [0.5, 0.6) is 5.75 Å². The number of anilines is 2. The molecule has 0 saturated carbocycles. The first-order valence-corrected chi connectivity index (χ1v) is 19.4. The number of hydrogen-bond donors (Lipinski definition) is 1. The number of alkyl halides is 5. The lowest BCUT2D eigenvalue weighted by molar-refractivity contribution is -0.290. The van der Waals surface area contributed by atoms with E-state index in [-0.39, 0.29) is 30.4 Å². The molecule has 19 heteroatoms. The van der Waals surface area contributed by atoms with Crippen molar-refractivity contribution in [1.29, 1.82) is 0 Å². The summed E-state index contributed by atoms with van der Waals surface area (Å²) < 4.78 is 104. The van der Waals surface area contributed by atoms with Crippen molar-refractivity contribution in [2.75, 3.05) is 75.3 Å². The Hall–Kier alpha value is -3.12. The van der Waals surface area contributed by atoms with Gasteiger partial charge in [-0.25, -0.2) is 8.42 Å². The molecule has 1 amide bonds. The fraction of sp³-hybridized carbons (Fsp3) is 0.457. The van der Waals surface area contributed by atoms with Gasteiger partial charge in [-0.05, 0) is 64.7 Å². The molecule has 0 radical (unpaired) electrons. The molecule has 2 saturated heterocycles. The normalized spacial score (nSPS) is 17.3. The van der Waals surface area contributed by atoms with Crippen LogP contribution in [0.2, 0.25) is 10.0 Å². The van der Waals surface area contributed by atoms with E-state index in [1.54, 1.807) is 6.07 Å². The monoisotopic (exact) mass is 842 g/mol. The molecule has 7 rings (SSSR count). The summed E-state index contributed by atoms with van der Waals surface area (Å²) in [6, 6.07) is 10.7. The van der Waals surface area contributed by atoms with Crippen LogP contribution in [0.3, 0.4) is 0 Å². The summed E-state index contributed by atoms with van der Waals surface area (Å²) in [6.07, 6.45) is -4.99. The molecule has 10 nitrogen and oxygen atoms in total. The summed E-state index contributed by atoms with van der Waals surface area (Å²) in [7, 11) is -3.83. The zero-order chi connectivity index (χ0) is 38.1. The van der Waals surface area contributed by atoms with Gasteiger partial charge in [-0.3, -0.25) is 4.79 Å². The highest BCUT2D eigenvalue weighted by Gasteiger charge is 2.58. The van der Waals surface area contributed by atoms with E-state index in [0.29, 0.717) is 31.3 Å². The van der Waals surface area contributed by atoms with Gasteiger partial charge in [0.15, 0.2) is 16.4 Å². The number of rotatable bonds is 7. The Morgan fingerprint density at radius 1 is 0.796 bits per heavy atom. The van der Waals surface area contributed by atoms with Crippen LogP contribution in [0.25, 0.3) is 0 Å². The lowest BCUT2D eigenvalue weighted by Gasteiger charge is -2.30. The number of carbonyl (C=O) groups excluding carboxylic acids is 1. The third-order valence-electron chi connectivity index (χ3n) is 9.32. The number of ether oxygens (including phenoxy) is 3. The number of nitrogens with zero attached hydrogens (tertiary/aromatic N) is 3. The maximum atomic E-state index is 13.5. The van der Waals surface area contributed by atoms with Crippen molar-refractivity contribution in [3.63, 3.8) is 0 Å². The zero-order valence-corrected chi connectivity index (χ0v) is 32.1. The van der Waals surface area contributed by atoms with E-state index in [2.05, 4.69) is 22.3 Å². The van der Waals surface area contributed by atoms with Crippen molar-refractivity contribution in [2.24, 2.45) is 0 Å². The van der Waals surface area contributed by atoms with Gasteiger partial charge in [-0.1, -0.05) is 23.2 Å². The van der Waals surface area contributed by atoms with E-state index in [1.807, 2.05) is 11.0 Å². The van der Waals surface area contributed by atoms with Gasteiger partial charge in [0.1, 0.15) is 5.75 Å². The molecule has 54 heavy (non-hydrogen) atoms. The fourth-order valence-corrected chi connectivity index (χ4v) is 7.66. The van der Waals surface area contributed by atoms with Crippen molar-refractivity contribution in [3.8, 4) is 5.75 Å². The first kappa shape index (κ1) is 42.0. The van der Waals surface area contributed by atoms with Crippen LogP contribution in [0.4, 0.5) is 33.3 Å². The lowest BCUT2D eigenvalue weighted by Crippen LogP contribution is -2.42. The Morgan fingerprint density at radius 3 is 1.80 bits per heavy atom. The number of hydrogen-bond acceptors (Lipinski definition) is 9. The van der Waals surface area contributed by atoms with Gasteiger partial charge in [0, 0.05) is 58.6 Å². The molecule has 2 fully saturated rings. The summed E-state index contributed by atoms with van der Waals surface area (Å²) >= 11 is 12.8. The van der Waals surface area contributed by atoms with Crippen molar-refractivity contribution < 1.29 is 49.4 Å². The summed E-state index contributed by atoms with van der Waals surface area (Å²) in [5.74, 6) is -6.57. The standard InChI is InChI=1S/C23H22ClF5N2O5S.C12H15ClN2O.ClH/c1-37(33,34)16-2-3-20(36-13-22(25,26)23(27,28)29)17(10-16)21(32)31-11-14-8-18(24)19(9-15(14)12-31)30-4-6-35-7-5-30;13-11-5-9-7-14-8-10(9)6-12(11)15-1-3-16-4-2-15;/h2-3,8-10H,4-7,11-13H2,1H3;5-6,14H,1-4,7-8H2;1H. The van der Waals surface area contributed by atoms with Crippen LogP contribution >= 0.6 is 35.6 Å². The molecule has 0 bridgehead atoms. The second kappa shape index (κ2) is 16.9. The Bertz CT molecular complexity index is 1960. The molecule has 3 aromatic rings. The molecule has 1 N–H and O–H groups in total. The van der Waals surface area contributed by atoms with Crippen LogP contribution in [0.1, 0.15) is 32.6 Å². The number of carbonyl (C=O) groups is 1. The fourth-order valence-electron chi connectivity index (χ4n) is 6.41. The Labute approximate surface area is 325 Å². The van der Waals surface area contributed by atoms with E-state index in [4.69, 9.17) is 37.4 Å². The number of nitrogens with one attached hydrogen (secondary N) is 1. The minimum atomic E-state index is -5.86. The molecule has 4 heterocycles. The number of halogens is 8. The van der Waals surface area contributed by atoms with Gasteiger partial charge in [0.05, 0.1) is 58.3 Å². The first-order valence-electron chi connectivity index (χ1n) is 16.7. The average Bonchev–Trinajstić information content (AvgIpc) is 3.76. The third-order valence-corrected chi connectivity index (χ3v) is 11.0. The van der Waals surface area contributed by atoms with Crippen molar-refractivity contribution in [3.05, 3.63) is 80.3 Å². The van der Waals surface area contributed by atoms with E-state index in [0.717, 1.165) is 91.4 Å². The quantitative estimate of drug-likeness (QED) is 0.267. The maximum absolute atomic E-state index is 13.5. The second-order valence-electron chi connectivity index (χ2n) is 13.0. The minimum Gasteiger partial charge on any atom is -0.486 e. The van der Waals surface area contributed by atoms with E-state index >= 15 is 0 Å². The van der Waals surface area contributed by atoms with Crippen LogP contribution in [-0.2, 0) is 45.5 Å². The summed E-state index contributed by atoms with van der Waals surface area (Å²) in [4.78, 5) is 18.7.